The van der Waals surface area contributed by atoms with Crippen LogP contribution in [0.5, 0.6) is 0 Å². The molecule has 0 radical (unpaired) electrons. The highest BCUT2D eigenvalue weighted by Gasteiger charge is 2.16. The van der Waals surface area contributed by atoms with Crippen LogP contribution in [0.25, 0.3) is 0 Å². The Hall–Kier alpha value is -2.88. The molecule has 0 aliphatic heterocycles. The van der Waals surface area contributed by atoms with Gasteiger partial charge in [0.1, 0.15) is 0 Å². The lowest BCUT2D eigenvalue weighted by Gasteiger charge is -2.11. The van der Waals surface area contributed by atoms with Crippen LogP contribution in [0.2, 0.25) is 10.0 Å². The van der Waals surface area contributed by atoms with E-state index in [9.17, 15) is 0 Å². The molecule has 0 amide bonds. The van der Waals surface area contributed by atoms with Crippen LogP contribution in [-0.4, -0.2) is 34.5 Å². The summed E-state index contributed by atoms with van der Waals surface area (Å²) in [6, 6.07) is 5.47. The molecule has 0 fully saturated rings. The van der Waals surface area contributed by atoms with Crippen LogP contribution in [0.1, 0.15) is 35.1 Å². The molecule has 2 N–H and O–H groups in total. The van der Waals surface area contributed by atoms with Gasteiger partial charge < -0.3 is 10.6 Å². The Morgan fingerprint density at radius 3 is 2.38 bits per heavy atom. The Labute approximate surface area is 213 Å². The van der Waals surface area contributed by atoms with E-state index in [-0.39, 0.29) is 0 Å². The lowest BCUT2D eigenvalue weighted by Crippen LogP contribution is -2.19. The van der Waals surface area contributed by atoms with E-state index in [0.29, 0.717) is 28.2 Å². The van der Waals surface area contributed by atoms with Crippen molar-refractivity contribution in [2.45, 2.75) is 47.3 Å². The number of rotatable bonds is 7. The first kappa shape index (κ1) is 24.3. The van der Waals surface area contributed by atoms with E-state index in [1.165, 1.54) is 0 Å². The van der Waals surface area contributed by atoms with Crippen LogP contribution in [0.4, 0.5) is 11.4 Å². The van der Waals surface area contributed by atoms with Gasteiger partial charge in [0.05, 0.1) is 48.2 Å². The number of aromatic nitrogens is 6. The number of hydrogen-bond acceptors (Lipinski definition) is 4. The highest BCUT2D eigenvalue weighted by Crippen LogP contribution is 2.27. The number of nitrogens with zero attached hydrogens (tertiary/aromatic N) is 6. The molecule has 4 aromatic rings. The number of aryl methyl sites for hydroxylation is 2. The van der Waals surface area contributed by atoms with Gasteiger partial charge in [-0.3, -0.25) is 14.0 Å². The van der Waals surface area contributed by atoms with Crippen LogP contribution < -0.4 is 10.6 Å². The van der Waals surface area contributed by atoms with Gasteiger partial charge in [-0.1, -0.05) is 29.3 Å². The quantitative estimate of drug-likeness (QED) is 0.318. The fourth-order valence-corrected chi connectivity index (χ4v) is 4.53. The highest BCUT2D eigenvalue weighted by molar-refractivity contribution is 7.80. The van der Waals surface area contributed by atoms with Crippen LogP contribution in [0.15, 0.2) is 36.8 Å². The van der Waals surface area contributed by atoms with Crippen LogP contribution in [0, 0.1) is 20.8 Å². The summed E-state index contributed by atoms with van der Waals surface area (Å²) < 4.78 is 5.70. The maximum absolute atomic E-state index is 6.34. The summed E-state index contributed by atoms with van der Waals surface area (Å²) in [6.45, 7) is 10.0. The molecule has 1 aromatic carbocycles. The smallest absolute Gasteiger partial charge is 0.175 e. The molecule has 34 heavy (non-hydrogen) atoms. The van der Waals surface area contributed by atoms with Crippen molar-refractivity contribution in [3.05, 3.63) is 75.0 Å². The third kappa shape index (κ3) is 5.11. The average Bonchev–Trinajstić information content (AvgIpc) is 3.46. The van der Waals surface area contributed by atoms with E-state index in [1.807, 2.05) is 58.5 Å². The number of nitrogens with one attached hydrogen (secondary N) is 2. The van der Waals surface area contributed by atoms with Crippen molar-refractivity contribution in [3.63, 3.8) is 0 Å². The molecule has 3 heterocycles. The minimum absolute atomic E-state index is 0.455. The maximum atomic E-state index is 6.34. The first-order valence-electron chi connectivity index (χ1n) is 10.9. The van der Waals surface area contributed by atoms with Gasteiger partial charge in [-0.05, 0) is 52.0 Å². The first-order chi connectivity index (χ1) is 16.3. The van der Waals surface area contributed by atoms with Gasteiger partial charge >= 0.3 is 0 Å². The minimum Gasteiger partial charge on any atom is -0.330 e. The van der Waals surface area contributed by atoms with Gasteiger partial charge in [-0.25, -0.2) is 0 Å². The molecular formula is C23H26Cl2N8S. The molecule has 0 bridgehead atoms. The summed E-state index contributed by atoms with van der Waals surface area (Å²) in [5.74, 6) is 0. The fraction of sp³-hybridized carbons (Fsp3) is 0.304. The van der Waals surface area contributed by atoms with Gasteiger partial charge in [-0.15, -0.1) is 0 Å². The summed E-state index contributed by atoms with van der Waals surface area (Å²) in [4.78, 5) is 0. The zero-order valence-corrected chi connectivity index (χ0v) is 21.8. The standard InChI is InChI=1S/C23H26Cl2N8S/c1-5-32-15(3)17(9-27-32)11-31-12-18(10-26-31)28-23(34)29-22-14(2)30-33(16(22)4)13-19-20(24)7-6-8-21(19)25/h6-10,12H,5,11,13H2,1-4H3,(H2,28,29,34). The normalized spacial score (nSPS) is 11.1. The molecule has 11 heteroatoms. The summed E-state index contributed by atoms with van der Waals surface area (Å²) in [5.41, 5.74) is 6.50. The minimum atomic E-state index is 0.455. The Kier molecular flexibility index (Phi) is 7.25. The predicted molar refractivity (Wildman–Crippen MR) is 141 cm³/mol. The summed E-state index contributed by atoms with van der Waals surface area (Å²) in [6.07, 6.45) is 5.55. The fourth-order valence-electron chi connectivity index (χ4n) is 3.79. The van der Waals surface area contributed by atoms with E-state index in [1.54, 1.807) is 6.20 Å². The van der Waals surface area contributed by atoms with Gasteiger partial charge in [0.15, 0.2) is 5.11 Å². The average molecular weight is 517 g/mol. The topological polar surface area (TPSA) is 77.5 Å². The third-order valence-electron chi connectivity index (χ3n) is 5.72. The van der Waals surface area contributed by atoms with E-state index < -0.39 is 0 Å². The molecule has 0 spiro atoms. The highest BCUT2D eigenvalue weighted by atomic mass is 35.5. The summed E-state index contributed by atoms with van der Waals surface area (Å²) in [7, 11) is 0. The molecule has 0 atom stereocenters. The molecule has 0 aliphatic rings. The van der Waals surface area contributed by atoms with Gasteiger partial charge in [-0.2, -0.15) is 15.3 Å². The van der Waals surface area contributed by atoms with Gasteiger partial charge in [0, 0.05) is 39.6 Å². The Morgan fingerprint density at radius 2 is 1.71 bits per heavy atom. The summed E-state index contributed by atoms with van der Waals surface area (Å²) >= 11 is 18.2. The molecule has 0 saturated carbocycles. The molecule has 4 rings (SSSR count). The molecule has 0 aliphatic carbocycles. The van der Waals surface area contributed by atoms with Crippen LogP contribution in [0.3, 0.4) is 0 Å². The predicted octanol–water partition coefficient (Wildman–Crippen LogP) is 5.43. The molecule has 0 saturated heterocycles. The third-order valence-corrected chi connectivity index (χ3v) is 6.63. The molecule has 3 aromatic heterocycles. The van der Waals surface area contributed by atoms with Crippen molar-refractivity contribution < 1.29 is 0 Å². The number of thiocarbonyl (C=S) groups is 1. The monoisotopic (exact) mass is 516 g/mol. The lowest BCUT2D eigenvalue weighted by atomic mass is 10.2. The largest absolute Gasteiger partial charge is 0.330 e. The molecule has 0 unspecified atom stereocenters. The van der Waals surface area contributed by atoms with Crippen molar-refractivity contribution in [1.29, 1.82) is 0 Å². The number of halogens is 2. The van der Waals surface area contributed by atoms with Crippen molar-refractivity contribution >= 4 is 51.9 Å². The van der Waals surface area contributed by atoms with Crippen molar-refractivity contribution in [3.8, 4) is 0 Å². The molecular weight excluding hydrogens is 491 g/mol. The second kappa shape index (κ2) is 10.2. The lowest BCUT2D eigenvalue weighted by molar-refractivity contribution is 0.633. The second-order valence-corrected chi connectivity index (χ2v) is 9.20. The number of anilines is 2. The maximum Gasteiger partial charge on any atom is 0.175 e. The SMILES string of the molecule is CCn1ncc(Cn2cc(NC(=S)Nc3c(C)nn(Cc4c(Cl)cccc4Cl)c3C)cn2)c1C. The zero-order valence-electron chi connectivity index (χ0n) is 19.4. The van der Waals surface area contributed by atoms with Crippen molar-refractivity contribution in [2.75, 3.05) is 10.6 Å². The first-order valence-corrected chi connectivity index (χ1v) is 12.0. The Morgan fingerprint density at radius 1 is 0.971 bits per heavy atom. The zero-order chi connectivity index (χ0) is 24.4. The Balaban J connectivity index is 1.42. The van der Waals surface area contributed by atoms with E-state index in [4.69, 9.17) is 35.4 Å². The van der Waals surface area contributed by atoms with Crippen LogP contribution in [-0.2, 0) is 19.6 Å². The second-order valence-electron chi connectivity index (χ2n) is 7.98. The number of benzene rings is 1. The van der Waals surface area contributed by atoms with E-state index in [0.717, 1.165) is 46.1 Å². The van der Waals surface area contributed by atoms with Crippen LogP contribution >= 0.6 is 35.4 Å². The molecule has 178 valence electrons. The van der Waals surface area contributed by atoms with Gasteiger partial charge in [0.25, 0.3) is 0 Å². The Bertz CT molecular complexity index is 1320. The van der Waals surface area contributed by atoms with Gasteiger partial charge in [0.2, 0.25) is 0 Å². The molecule has 8 nitrogen and oxygen atoms in total. The number of hydrogen-bond donors (Lipinski definition) is 2. The summed E-state index contributed by atoms with van der Waals surface area (Å²) in [5, 5.41) is 21.6. The van der Waals surface area contributed by atoms with E-state index >= 15 is 0 Å². The van der Waals surface area contributed by atoms with E-state index in [2.05, 4.69) is 39.8 Å². The van der Waals surface area contributed by atoms with Crippen molar-refractivity contribution in [1.82, 2.24) is 29.3 Å². The van der Waals surface area contributed by atoms with Crippen molar-refractivity contribution in [2.24, 2.45) is 0 Å².